The van der Waals surface area contributed by atoms with Crippen LogP contribution >= 0.6 is 0 Å². The maximum atomic E-state index is 14.5. The molecule has 1 heterocycles. The highest BCUT2D eigenvalue weighted by Crippen LogP contribution is 2.41. The van der Waals surface area contributed by atoms with Gasteiger partial charge < -0.3 is 4.90 Å². The maximum absolute atomic E-state index is 14.5. The van der Waals surface area contributed by atoms with E-state index in [0.29, 0.717) is 29.7 Å². The van der Waals surface area contributed by atoms with Crippen molar-refractivity contribution in [1.82, 2.24) is 4.90 Å². The molecule has 1 unspecified atom stereocenters. The maximum Gasteiger partial charge on any atom is 0.251 e. The number of carbonyl (C=O) groups excluding carboxylic acids is 1. The van der Waals surface area contributed by atoms with E-state index in [-0.39, 0.29) is 30.5 Å². The van der Waals surface area contributed by atoms with Gasteiger partial charge >= 0.3 is 0 Å². The van der Waals surface area contributed by atoms with Crippen LogP contribution in [0, 0.1) is 24.0 Å². The Kier molecular flexibility index (Phi) is 4.08. The van der Waals surface area contributed by atoms with E-state index >= 15 is 0 Å². The number of nitrogens with zero attached hydrogens (tertiary/aromatic N) is 1. The van der Waals surface area contributed by atoms with E-state index < -0.39 is 5.92 Å². The lowest BCUT2D eigenvalue weighted by Gasteiger charge is -2.21. The first-order chi connectivity index (χ1) is 12.6. The molecule has 1 amide bonds. The van der Waals surface area contributed by atoms with Crippen LogP contribution < -0.4 is 0 Å². The van der Waals surface area contributed by atoms with E-state index in [1.54, 1.807) is 29.2 Å². The van der Waals surface area contributed by atoms with Crippen molar-refractivity contribution in [3.8, 4) is 12.3 Å². The monoisotopic (exact) mass is 349 g/mol. The molecule has 1 aliphatic carbocycles. The summed E-state index contributed by atoms with van der Waals surface area (Å²) < 4.78 is 29.0. The molecule has 0 N–H and O–H groups in total. The van der Waals surface area contributed by atoms with Gasteiger partial charge in [0.1, 0.15) is 11.6 Å². The van der Waals surface area contributed by atoms with Crippen LogP contribution in [0.25, 0.3) is 0 Å². The number of halogens is 2. The first-order valence-electron chi connectivity index (χ1n) is 8.55. The molecule has 0 spiro atoms. The smallest absolute Gasteiger partial charge is 0.251 e. The number of hydrogen-bond donors (Lipinski definition) is 0. The third-order valence-corrected chi connectivity index (χ3v) is 5.22. The fourth-order valence-corrected chi connectivity index (χ4v) is 4.05. The number of benzene rings is 2. The van der Waals surface area contributed by atoms with Gasteiger partial charge in [-0.2, -0.15) is 0 Å². The minimum absolute atomic E-state index is 0.167. The minimum Gasteiger partial charge on any atom is -0.324 e. The van der Waals surface area contributed by atoms with Gasteiger partial charge in [-0.15, -0.1) is 6.42 Å². The number of rotatable bonds is 2. The first kappa shape index (κ1) is 16.5. The van der Waals surface area contributed by atoms with Crippen LogP contribution in [0.1, 0.15) is 22.6 Å². The number of amides is 1. The fraction of sp³-hybridized carbons (Fsp3) is 0.227. The Hall–Kier alpha value is -2.93. The molecule has 0 saturated carbocycles. The average molecular weight is 349 g/mol. The summed E-state index contributed by atoms with van der Waals surface area (Å²) in [4.78, 5) is 14.6. The summed E-state index contributed by atoms with van der Waals surface area (Å²) in [6.07, 6.45) is 6.13. The van der Waals surface area contributed by atoms with Crippen molar-refractivity contribution in [2.75, 3.05) is 13.1 Å². The van der Waals surface area contributed by atoms with Crippen LogP contribution in [0.15, 0.2) is 53.6 Å². The standard InChI is InChI=1S/C22H17F2NO/c1-2-10-25-13-15-11-14-6-5-9-20(24)17(14)12-18(21(15)22(25)26)16-7-3-4-8-19(16)23/h1,3-9,18H,10-13H2. The molecule has 0 fully saturated rings. The number of fused-ring (bicyclic) bond motifs is 1. The highest BCUT2D eigenvalue weighted by molar-refractivity contribution is 5.99. The lowest BCUT2D eigenvalue weighted by atomic mass is 9.85. The second kappa shape index (κ2) is 6.42. The Bertz CT molecular complexity index is 970. The summed E-state index contributed by atoms with van der Waals surface area (Å²) in [6, 6.07) is 11.4. The van der Waals surface area contributed by atoms with Crippen molar-refractivity contribution in [3.05, 3.63) is 81.9 Å². The largest absolute Gasteiger partial charge is 0.324 e. The number of terminal acetylenes is 1. The molecule has 4 rings (SSSR count). The first-order valence-corrected chi connectivity index (χ1v) is 8.55. The zero-order valence-corrected chi connectivity index (χ0v) is 14.1. The molecule has 1 atom stereocenters. The molecular formula is C22H17F2NO. The third kappa shape index (κ3) is 2.61. The highest BCUT2D eigenvalue weighted by atomic mass is 19.1. The van der Waals surface area contributed by atoms with Crippen molar-refractivity contribution in [2.24, 2.45) is 0 Å². The Morgan fingerprint density at radius 3 is 2.65 bits per heavy atom. The quantitative estimate of drug-likeness (QED) is 0.759. The molecular weight excluding hydrogens is 332 g/mol. The predicted molar refractivity (Wildman–Crippen MR) is 95.4 cm³/mol. The van der Waals surface area contributed by atoms with Gasteiger partial charge in [0.2, 0.25) is 0 Å². The van der Waals surface area contributed by atoms with E-state index in [2.05, 4.69) is 5.92 Å². The van der Waals surface area contributed by atoms with E-state index in [1.165, 1.54) is 12.1 Å². The van der Waals surface area contributed by atoms with E-state index in [1.807, 2.05) is 6.07 Å². The zero-order valence-electron chi connectivity index (χ0n) is 14.1. The van der Waals surface area contributed by atoms with E-state index in [4.69, 9.17) is 6.42 Å². The van der Waals surface area contributed by atoms with Crippen LogP contribution in [-0.2, 0) is 17.6 Å². The predicted octanol–water partition coefficient (Wildman–Crippen LogP) is 3.62. The topological polar surface area (TPSA) is 20.3 Å². The molecule has 130 valence electrons. The molecule has 2 aromatic rings. The van der Waals surface area contributed by atoms with E-state index in [0.717, 1.165) is 11.1 Å². The van der Waals surface area contributed by atoms with Crippen molar-refractivity contribution >= 4 is 5.91 Å². The summed E-state index contributed by atoms with van der Waals surface area (Å²) in [5.74, 6) is 1.13. The zero-order chi connectivity index (χ0) is 18.3. The molecule has 0 bridgehead atoms. The molecule has 1 aliphatic heterocycles. The lowest BCUT2D eigenvalue weighted by molar-refractivity contribution is -0.125. The lowest BCUT2D eigenvalue weighted by Crippen LogP contribution is -2.29. The molecule has 2 nitrogen and oxygen atoms in total. The molecule has 26 heavy (non-hydrogen) atoms. The molecule has 2 aromatic carbocycles. The molecule has 0 aromatic heterocycles. The third-order valence-electron chi connectivity index (χ3n) is 5.22. The van der Waals surface area contributed by atoms with Crippen molar-refractivity contribution in [1.29, 1.82) is 0 Å². The van der Waals surface area contributed by atoms with Gasteiger partial charge in [0.25, 0.3) is 5.91 Å². The Morgan fingerprint density at radius 2 is 1.88 bits per heavy atom. The Balaban J connectivity index is 1.88. The van der Waals surface area contributed by atoms with Gasteiger partial charge in [0.15, 0.2) is 0 Å². The second-order valence-electron chi connectivity index (χ2n) is 6.72. The van der Waals surface area contributed by atoms with Crippen molar-refractivity contribution in [2.45, 2.75) is 18.8 Å². The van der Waals surface area contributed by atoms with Crippen LogP contribution in [-0.4, -0.2) is 23.9 Å². The molecule has 2 aliphatic rings. The summed E-state index contributed by atoms with van der Waals surface area (Å²) in [6.45, 7) is 0.630. The van der Waals surface area contributed by atoms with Crippen LogP contribution in [0.2, 0.25) is 0 Å². The number of carbonyl (C=O) groups is 1. The molecule has 4 heteroatoms. The van der Waals surface area contributed by atoms with Gasteiger partial charge in [-0.05, 0) is 47.2 Å². The van der Waals surface area contributed by atoms with Crippen molar-refractivity contribution in [3.63, 3.8) is 0 Å². The average Bonchev–Trinajstić information content (AvgIpc) is 2.82. The SMILES string of the molecule is C#CCN1CC2=C(C1=O)C(c1ccccc1F)Cc1c(F)cccc1C2. The highest BCUT2D eigenvalue weighted by Gasteiger charge is 2.38. The fourth-order valence-electron chi connectivity index (χ4n) is 4.05. The van der Waals surface area contributed by atoms with Crippen LogP contribution in [0.3, 0.4) is 0 Å². The Labute approximate surface area is 151 Å². The molecule has 0 radical (unpaired) electrons. The summed E-state index contributed by atoms with van der Waals surface area (Å²) in [5.41, 5.74) is 3.31. The summed E-state index contributed by atoms with van der Waals surface area (Å²) in [7, 11) is 0. The summed E-state index contributed by atoms with van der Waals surface area (Å²) in [5, 5.41) is 0. The Morgan fingerprint density at radius 1 is 1.12 bits per heavy atom. The van der Waals surface area contributed by atoms with Gasteiger partial charge in [0.05, 0.1) is 6.54 Å². The second-order valence-corrected chi connectivity index (χ2v) is 6.72. The van der Waals surface area contributed by atoms with Gasteiger partial charge in [-0.25, -0.2) is 8.78 Å². The molecule has 0 saturated heterocycles. The van der Waals surface area contributed by atoms with Gasteiger partial charge in [-0.3, -0.25) is 4.79 Å². The number of hydrogen-bond acceptors (Lipinski definition) is 1. The van der Waals surface area contributed by atoms with E-state index in [9.17, 15) is 13.6 Å². The summed E-state index contributed by atoms with van der Waals surface area (Å²) >= 11 is 0. The van der Waals surface area contributed by atoms with Crippen molar-refractivity contribution < 1.29 is 13.6 Å². The van der Waals surface area contributed by atoms with Crippen LogP contribution in [0.4, 0.5) is 8.78 Å². The van der Waals surface area contributed by atoms with Crippen LogP contribution in [0.5, 0.6) is 0 Å². The minimum atomic E-state index is -0.514. The van der Waals surface area contributed by atoms with Gasteiger partial charge in [-0.1, -0.05) is 36.3 Å². The van der Waals surface area contributed by atoms with Gasteiger partial charge in [0, 0.05) is 18.0 Å². The normalized spacial score (nSPS) is 19.0.